The number of hydrogen-bond acceptors (Lipinski definition) is 4. The predicted octanol–water partition coefficient (Wildman–Crippen LogP) is 4.10. The maximum atomic E-state index is 4.73. The molecule has 19 heavy (non-hydrogen) atoms. The molecule has 1 heterocycles. The van der Waals surface area contributed by atoms with Crippen LogP contribution in [0.15, 0.2) is 11.1 Å². The first-order chi connectivity index (χ1) is 8.99. The lowest BCUT2D eigenvalue weighted by molar-refractivity contribution is 0.539. The highest BCUT2D eigenvalue weighted by Gasteiger charge is 2.20. The summed E-state index contributed by atoms with van der Waals surface area (Å²) in [6.07, 6.45) is 5.60. The van der Waals surface area contributed by atoms with Crippen molar-refractivity contribution in [3.05, 3.63) is 11.9 Å². The van der Waals surface area contributed by atoms with Gasteiger partial charge >= 0.3 is 0 Å². The van der Waals surface area contributed by atoms with Gasteiger partial charge in [0.2, 0.25) is 0 Å². The molecular weight excluding hydrogens is 254 g/mol. The molecule has 1 aliphatic carbocycles. The van der Waals surface area contributed by atoms with Gasteiger partial charge in [-0.25, -0.2) is 9.97 Å². The maximum Gasteiger partial charge on any atom is 0.137 e. The fraction of sp³-hybridized carbons (Fsp3) is 0.733. The quantitative estimate of drug-likeness (QED) is 0.665. The van der Waals surface area contributed by atoms with Gasteiger partial charge in [-0.05, 0) is 18.8 Å². The van der Waals surface area contributed by atoms with Crippen LogP contribution in [0.3, 0.4) is 0 Å². The lowest BCUT2D eigenvalue weighted by Crippen LogP contribution is -2.17. The molecular formula is C15H25N3S. The van der Waals surface area contributed by atoms with E-state index in [4.69, 9.17) is 4.98 Å². The van der Waals surface area contributed by atoms with E-state index in [1.165, 1.54) is 31.4 Å². The smallest absolute Gasteiger partial charge is 0.137 e. The van der Waals surface area contributed by atoms with Crippen molar-refractivity contribution in [3.8, 4) is 0 Å². The number of thioether (sulfide) groups is 1. The predicted molar refractivity (Wildman–Crippen MR) is 83.0 cm³/mol. The number of anilines is 1. The Hall–Kier alpha value is -0.770. The number of nitrogens with zero attached hydrogens (tertiary/aromatic N) is 2. The van der Waals surface area contributed by atoms with Crippen molar-refractivity contribution < 1.29 is 0 Å². The molecule has 0 amide bonds. The van der Waals surface area contributed by atoms with Gasteiger partial charge in [0.1, 0.15) is 16.7 Å². The molecule has 0 spiro atoms. The Labute approximate surface area is 121 Å². The van der Waals surface area contributed by atoms with E-state index in [1.807, 2.05) is 18.8 Å². The summed E-state index contributed by atoms with van der Waals surface area (Å²) in [5.41, 5.74) is -0.00444. The van der Waals surface area contributed by atoms with Crippen LogP contribution in [0.4, 0.5) is 5.82 Å². The Morgan fingerprint density at radius 3 is 2.53 bits per heavy atom. The van der Waals surface area contributed by atoms with E-state index < -0.39 is 0 Å². The molecule has 1 fully saturated rings. The van der Waals surface area contributed by atoms with Crippen molar-refractivity contribution in [1.29, 1.82) is 0 Å². The molecule has 0 unspecified atom stereocenters. The highest BCUT2D eigenvalue weighted by Crippen LogP contribution is 2.31. The van der Waals surface area contributed by atoms with Crippen LogP contribution in [-0.4, -0.2) is 22.8 Å². The van der Waals surface area contributed by atoms with E-state index in [9.17, 15) is 0 Å². The Morgan fingerprint density at radius 2 is 1.95 bits per heavy atom. The molecule has 0 aromatic carbocycles. The van der Waals surface area contributed by atoms with E-state index in [0.29, 0.717) is 0 Å². The molecule has 0 saturated heterocycles. The monoisotopic (exact) mass is 279 g/mol. The van der Waals surface area contributed by atoms with Crippen molar-refractivity contribution in [1.82, 2.24) is 9.97 Å². The highest BCUT2D eigenvalue weighted by molar-refractivity contribution is 7.99. The maximum absolute atomic E-state index is 4.73. The van der Waals surface area contributed by atoms with Crippen molar-refractivity contribution in [2.45, 2.75) is 56.9 Å². The first-order valence-electron chi connectivity index (χ1n) is 7.19. The third-order valence-electron chi connectivity index (χ3n) is 3.57. The van der Waals surface area contributed by atoms with Crippen LogP contribution in [0.2, 0.25) is 0 Å². The second-order valence-electron chi connectivity index (χ2n) is 6.38. The highest BCUT2D eigenvalue weighted by atomic mass is 32.2. The molecule has 0 atom stereocenters. The molecule has 3 nitrogen and oxygen atoms in total. The number of hydrogen-bond donors (Lipinski definition) is 1. The van der Waals surface area contributed by atoms with Crippen LogP contribution >= 0.6 is 11.8 Å². The van der Waals surface area contributed by atoms with Gasteiger partial charge in [-0.1, -0.05) is 33.6 Å². The first kappa shape index (κ1) is 14.6. The summed E-state index contributed by atoms with van der Waals surface area (Å²) in [7, 11) is 1.92. The van der Waals surface area contributed by atoms with Crippen LogP contribution in [0.1, 0.15) is 52.3 Å². The Kier molecular flexibility index (Phi) is 4.71. The van der Waals surface area contributed by atoms with Crippen molar-refractivity contribution in [2.24, 2.45) is 5.92 Å². The van der Waals surface area contributed by atoms with E-state index in [-0.39, 0.29) is 5.41 Å². The molecule has 106 valence electrons. The zero-order valence-electron chi connectivity index (χ0n) is 12.5. The van der Waals surface area contributed by atoms with Crippen LogP contribution in [-0.2, 0) is 5.41 Å². The molecule has 1 N–H and O–H groups in total. The fourth-order valence-electron chi connectivity index (χ4n) is 2.34. The molecule has 4 heteroatoms. The molecule has 2 rings (SSSR count). The standard InChI is InChI=1S/C15H25N3S/c1-15(2,3)14-17-12(16-4)9-13(18-14)19-10-11-7-5-6-8-11/h9,11H,5-8,10H2,1-4H3,(H,16,17,18). The third kappa shape index (κ3) is 4.10. The molecule has 0 aliphatic heterocycles. The van der Waals surface area contributed by atoms with Gasteiger partial charge < -0.3 is 5.32 Å². The Bertz CT molecular complexity index is 420. The van der Waals surface area contributed by atoms with Crippen LogP contribution < -0.4 is 5.32 Å². The average Bonchev–Trinajstić information content (AvgIpc) is 2.88. The summed E-state index contributed by atoms with van der Waals surface area (Å²) in [5, 5.41) is 4.25. The van der Waals surface area contributed by atoms with Gasteiger partial charge in [0.25, 0.3) is 0 Å². The van der Waals surface area contributed by atoms with Gasteiger partial charge in [0.15, 0.2) is 0 Å². The Balaban J connectivity index is 2.10. The van der Waals surface area contributed by atoms with Gasteiger partial charge in [-0.2, -0.15) is 0 Å². The second kappa shape index (κ2) is 6.12. The second-order valence-corrected chi connectivity index (χ2v) is 7.42. The zero-order valence-corrected chi connectivity index (χ0v) is 13.3. The van der Waals surface area contributed by atoms with Gasteiger partial charge in [-0.3, -0.25) is 0 Å². The topological polar surface area (TPSA) is 37.8 Å². The van der Waals surface area contributed by atoms with E-state index in [2.05, 4.69) is 37.1 Å². The lowest BCUT2D eigenvalue weighted by atomic mass is 9.96. The summed E-state index contributed by atoms with van der Waals surface area (Å²) >= 11 is 1.89. The zero-order chi connectivity index (χ0) is 13.9. The third-order valence-corrected chi connectivity index (χ3v) is 4.71. The van der Waals surface area contributed by atoms with E-state index in [0.717, 1.165) is 22.6 Å². The van der Waals surface area contributed by atoms with Crippen molar-refractivity contribution in [2.75, 3.05) is 18.1 Å². The minimum Gasteiger partial charge on any atom is -0.373 e. The van der Waals surface area contributed by atoms with Crippen molar-refractivity contribution >= 4 is 17.6 Å². The summed E-state index contributed by atoms with van der Waals surface area (Å²) in [4.78, 5) is 9.29. The summed E-state index contributed by atoms with van der Waals surface area (Å²) in [6.45, 7) is 6.48. The van der Waals surface area contributed by atoms with Crippen LogP contribution in [0, 0.1) is 5.92 Å². The normalized spacial score (nSPS) is 16.8. The molecule has 0 bridgehead atoms. The summed E-state index contributed by atoms with van der Waals surface area (Å²) in [6, 6.07) is 2.06. The van der Waals surface area contributed by atoms with E-state index >= 15 is 0 Å². The summed E-state index contributed by atoms with van der Waals surface area (Å²) < 4.78 is 0. The number of aromatic nitrogens is 2. The minimum absolute atomic E-state index is 0.00444. The largest absolute Gasteiger partial charge is 0.373 e. The van der Waals surface area contributed by atoms with Gasteiger partial charge in [-0.15, -0.1) is 11.8 Å². The van der Waals surface area contributed by atoms with Gasteiger partial charge in [0.05, 0.1) is 0 Å². The van der Waals surface area contributed by atoms with E-state index in [1.54, 1.807) is 0 Å². The minimum atomic E-state index is -0.00444. The Morgan fingerprint density at radius 1 is 1.26 bits per heavy atom. The molecule has 0 radical (unpaired) electrons. The van der Waals surface area contributed by atoms with Crippen LogP contribution in [0.5, 0.6) is 0 Å². The number of nitrogens with one attached hydrogen (secondary N) is 1. The molecule has 1 aliphatic rings. The molecule has 1 aromatic heterocycles. The molecule has 1 aromatic rings. The molecule has 1 saturated carbocycles. The number of rotatable bonds is 4. The van der Waals surface area contributed by atoms with Crippen molar-refractivity contribution in [3.63, 3.8) is 0 Å². The lowest BCUT2D eigenvalue weighted by Gasteiger charge is -2.18. The SMILES string of the molecule is CNc1cc(SCC2CCCC2)nc(C(C)(C)C)n1. The average molecular weight is 279 g/mol. The fourth-order valence-corrected chi connectivity index (χ4v) is 3.43. The summed E-state index contributed by atoms with van der Waals surface area (Å²) in [5.74, 6) is 3.93. The van der Waals surface area contributed by atoms with Crippen LogP contribution in [0.25, 0.3) is 0 Å². The first-order valence-corrected chi connectivity index (χ1v) is 8.17. The van der Waals surface area contributed by atoms with Gasteiger partial charge in [0, 0.05) is 24.3 Å².